The van der Waals surface area contributed by atoms with Crippen LogP contribution in [0, 0.1) is 0 Å². The first-order valence-corrected chi connectivity index (χ1v) is 14.9. The maximum absolute atomic E-state index is 7.48. The van der Waals surface area contributed by atoms with Gasteiger partial charge in [-0.25, -0.2) is 0 Å². The number of rotatable bonds is 1. The van der Waals surface area contributed by atoms with Crippen molar-refractivity contribution < 1.29 is 0 Å². The van der Waals surface area contributed by atoms with Crippen LogP contribution in [0.15, 0.2) is 30.3 Å². The highest BCUT2D eigenvalue weighted by Gasteiger charge is 2.55. The molecular weight excluding hydrogens is 284 g/mol. The summed E-state index contributed by atoms with van der Waals surface area (Å²) >= 11 is 7.48. The second-order valence-electron chi connectivity index (χ2n) is 6.53. The van der Waals surface area contributed by atoms with Gasteiger partial charge in [0.15, 0.2) is 6.90 Å². The summed E-state index contributed by atoms with van der Waals surface area (Å²) < 4.78 is 0. The fraction of sp³-hybridized carbons (Fsp3) is 0.625. The first-order chi connectivity index (χ1) is 9.27. The van der Waals surface area contributed by atoms with Crippen molar-refractivity contribution in [3.63, 3.8) is 0 Å². The van der Waals surface area contributed by atoms with Gasteiger partial charge in [-0.3, -0.25) is 0 Å². The lowest BCUT2D eigenvalue weighted by atomic mass is 10.3. The van der Waals surface area contributed by atoms with E-state index in [1.54, 1.807) is 5.19 Å². The Labute approximate surface area is 124 Å². The summed E-state index contributed by atoms with van der Waals surface area (Å²) in [4.78, 5) is 0. The van der Waals surface area contributed by atoms with E-state index >= 15 is 0 Å². The van der Waals surface area contributed by atoms with Gasteiger partial charge in [-0.05, 0) is 12.1 Å². The number of fused-ring (bicyclic) bond motifs is 1. The predicted octanol–water partition coefficient (Wildman–Crippen LogP) is 4.97. The second kappa shape index (κ2) is 5.75. The molecule has 2 heterocycles. The molecule has 0 aromatic heterocycles. The van der Waals surface area contributed by atoms with Crippen molar-refractivity contribution in [2.45, 2.75) is 62.7 Å². The maximum Gasteiger partial charge on any atom is 0.152 e. The molecule has 2 aliphatic rings. The van der Waals surface area contributed by atoms with Crippen LogP contribution < -0.4 is 5.19 Å². The molecule has 19 heavy (non-hydrogen) atoms. The minimum atomic E-state index is -1.53. The number of hydrogen-bond acceptors (Lipinski definition) is 0. The molecular formula is C16H25ClSi2. The molecule has 2 saturated heterocycles. The van der Waals surface area contributed by atoms with Crippen molar-refractivity contribution >= 4 is 30.8 Å². The van der Waals surface area contributed by atoms with Gasteiger partial charge in [0.2, 0.25) is 0 Å². The van der Waals surface area contributed by atoms with Gasteiger partial charge in [-0.15, -0.1) is 0 Å². The van der Waals surface area contributed by atoms with Gasteiger partial charge in [0.05, 0.1) is 7.59 Å². The van der Waals surface area contributed by atoms with E-state index in [2.05, 4.69) is 30.3 Å². The number of benzene rings is 1. The summed E-state index contributed by atoms with van der Waals surface area (Å²) in [5, 5.41) is 1.71. The Morgan fingerprint density at radius 3 is 1.79 bits per heavy atom. The molecule has 0 bridgehead atoms. The van der Waals surface area contributed by atoms with Crippen molar-refractivity contribution in [2.24, 2.45) is 0 Å². The quantitative estimate of drug-likeness (QED) is 0.507. The maximum atomic E-state index is 7.48. The second-order valence-corrected chi connectivity index (χ2v) is 22.1. The zero-order valence-corrected chi connectivity index (χ0v) is 14.6. The summed E-state index contributed by atoms with van der Waals surface area (Å²) in [6.45, 7) is -1.53. The average Bonchev–Trinajstić information content (AvgIpc) is 2.69. The molecule has 3 rings (SSSR count). The van der Waals surface area contributed by atoms with Crippen molar-refractivity contribution in [3.8, 4) is 0 Å². The molecule has 0 aliphatic carbocycles. The van der Waals surface area contributed by atoms with Gasteiger partial charge in [-0.2, -0.15) is 11.1 Å². The molecule has 0 saturated carbocycles. The van der Waals surface area contributed by atoms with Gasteiger partial charge in [0.25, 0.3) is 0 Å². The third-order valence-electron chi connectivity index (χ3n) is 5.54. The van der Waals surface area contributed by atoms with E-state index in [9.17, 15) is 0 Å². The van der Waals surface area contributed by atoms with Crippen molar-refractivity contribution in [2.75, 3.05) is 0 Å². The van der Waals surface area contributed by atoms with E-state index in [1.165, 1.54) is 62.7 Å². The van der Waals surface area contributed by atoms with Crippen LogP contribution in [0.25, 0.3) is 0 Å². The van der Waals surface area contributed by atoms with Crippen molar-refractivity contribution in [1.82, 2.24) is 0 Å². The SMILES string of the molecule is Cl[Si]12CCCCC[Si]1(c1ccccc1)CCCCC2. The van der Waals surface area contributed by atoms with Crippen LogP contribution >= 0.6 is 11.1 Å². The number of halogens is 1. The molecule has 0 spiro atoms. The Morgan fingerprint density at radius 1 is 0.684 bits per heavy atom. The summed E-state index contributed by atoms with van der Waals surface area (Å²) in [6.07, 6.45) is 8.59. The standard InChI is InChI=1S/C16H25ClSi2/c17-19-14-8-2-6-12-18(19,13-7-3-9-15-19)16-10-4-1-5-11-16/h1,4-5,10-11H,2-3,6-9,12-15H2. The highest BCUT2D eigenvalue weighted by Crippen LogP contribution is 2.45. The topological polar surface area (TPSA) is 0 Å². The molecule has 2 aliphatic heterocycles. The lowest BCUT2D eigenvalue weighted by Crippen LogP contribution is -2.65. The molecule has 0 radical (unpaired) electrons. The molecule has 0 unspecified atom stereocenters. The van der Waals surface area contributed by atoms with Crippen LogP contribution in [0.3, 0.4) is 0 Å². The molecule has 1 aromatic carbocycles. The van der Waals surface area contributed by atoms with Crippen LogP contribution in [0.4, 0.5) is 0 Å². The Morgan fingerprint density at radius 2 is 1.21 bits per heavy atom. The monoisotopic (exact) mass is 308 g/mol. The molecule has 3 heteroatoms. The van der Waals surface area contributed by atoms with Crippen LogP contribution in [0.1, 0.15) is 38.5 Å². The molecule has 0 nitrogen and oxygen atoms in total. The lowest BCUT2D eigenvalue weighted by molar-refractivity contribution is 0.743. The smallest absolute Gasteiger partial charge is 0.152 e. The molecule has 0 N–H and O–H groups in total. The van der Waals surface area contributed by atoms with E-state index in [-0.39, 0.29) is 0 Å². The summed E-state index contributed by atoms with van der Waals surface area (Å²) in [7, 11) is -1.40. The average molecular weight is 309 g/mol. The minimum Gasteiger partial charge on any atom is -0.170 e. The van der Waals surface area contributed by atoms with Gasteiger partial charge in [0.1, 0.15) is 0 Å². The Bertz CT molecular complexity index is 404. The van der Waals surface area contributed by atoms with Crippen molar-refractivity contribution in [1.29, 1.82) is 0 Å². The first-order valence-electron chi connectivity index (χ1n) is 8.01. The summed E-state index contributed by atoms with van der Waals surface area (Å²) in [6, 6.07) is 17.3. The van der Waals surface area contributed by atoms with E-state index in [0.29, 0.717) is 0 Å². The van der Waals surface area contributed by atoms with Gasteiger partial charge >= 0.3 is 0 Å². The predicted molar refractivity (Wildman–Crippen MR) is 90.4 cm³/mol. The number of hydrogen-bond donors (Lipinski definition) is 0. The van der Waals surface area contributed by atoms with Gasteiger partial charge in [0, 0.05) is 0 Å². The minimum absolute atomic E-state index is 1.40. The molecule has 1 aromatic rings. The zero-order chi connectivity index (χ0) is 13.2. The molecule has 0 amide bonds. The third-order valence-corrected chi connectivity index (χ3v) is 26.8. The van der Waals surface area contributed by atoms with Crippen LogP contribution in [0.5, 0.6) is 0 Å². The highest BCUT2D eigenvalue weighted by molar-refractivity contribution is 7.63. The van der Waals surface area contributed by atoms with Gasteiger partial charge in [-0.1, -0.05) is 86.1 Å². The Kier molecular flexibility index (Phi) is 4.20. The Balaban J connectivity index is 2.08. The fourth-order valence-electron chi connectivity index (χ4n) is 4.50. The van der Waals surface area contributed by atoms with Crippen LogP contribution in [-0.2, 0) is 0 Å². The van der Waals surface area contributed by atoms with E-state index in [1.807, 2.05) is 0 Å². The highest BCUT2D eigenvalue weighted by atomic mass is 35.6. The van der Waals surface area contributed by atoms with E-state index < -0.39 is 14.5 Å². The van der Waals surface area contributed by atoms with E-state index in [4.69, 9.17) is 11.1 Å². The van der Waals surface area contributed by atoms with Crippen molar-refractivity contribution in [3.05, 3.63) is 30.3 Å². The first kappa shape index (κ1) is 13.9. The normalized spacial score (nSPS) is 36.1. The Hall–Kier alpha value is -0.0562. The van der Waals surface area contributed by atoms with Gasteiger partial charge < -0.3 is 0 Å². The molecule has 104 valence electrons. The summed E-state index contributed by atoms with van der Waals surface area (Å²) in [5.74, 6) is 0. The summed E-state index contributed by atoms with van der Waals surface area (Å²) in [5.41, 5.74) is 0. The molecule has 0 atom stereocenters. The molecule has 2 fully saturated rings. The fourth-order valence-corrected chi connectivity index (χ4v) is 25.3. The van der Waals surface area contributed by atoms with Crippen LogP contribution in [0.2, 0.25) is 24.2 Å². The zero-order valence-electron chi connectivity index (χ0n) is 11.8. The largest absolute Gasteiger partial charge is 0.170 e. The lowest BCUT2D eigenvalue weighted by Gasteiger charge is -2.42. The van der Waals surface area contributed by atoms with E-state index in [0.717, 1.165) is 0 Å². The third kappa shape index (κ3) is 2.47. The van der Waals surface area contributed by atoms with Crippen LogP contribution in [-0.4, -0.2) is 14.5 Å².